The molecule has 0 heterocycles. The van der Waals surface area contributed by atoms with E-state index in [-0.39, 0.29) is 11.8 Å². The minimum absolute atomic E-state index is 0.0244. The summed E-state index contributed by atoms with van der Waals surface area (Å²) in [6, 6.07) is 7.04. The first-order chi connectivity index (χ1) is 8.90. The highest BCUT2D eigenvalue weighted by molar-refractivity contribution is 5.96. The highest BCUT2D eigenvalue weighted by Crippen LogP contribution is 2.21. The molecule has 0 fully saturated rings. The van der Waals surface area contributed by atoms with Gasteiger partial charge in [0.25, 0.3) is 0 Å². The van der Waals surface area contributed by atoms with Gasteiger partial charge in [0.2, 0.25) is 5.91 Å². The summed E-state index contributed by atoms with van der Waals surface area (Å²) in [5.41, 5.74) is 0.412. The third kappa shape index (κ3) is 4.83. The smallest absolute Gasteiger partial charge is 0.352 e. The zero-order valence-electron chi connectivity index (χ0n) is 11.1. The minimum Gasteiger partial charge on any atom is -0.490 e. The van der Waals surface area contributed by atoms with Crippen LogP contribution in [0.5, 0.6) is 5.75 Å². The maximum atomic E-state index is 11.0. The molecule has 0 atom stereocenters. The van der Waals surface area contributed by atoms with Crippen LogP contribution in [-0.2, 0) is 9.59 Å². The van der Waals surface area contributed by atoms with E-state index in [9.17, 15) is 9.59 Å². The summed E-state index contributed by atoms with van der Waals surface area (Å²) in [5, 5.41) is 11.3. The van der Waals surface area contributed by atoms with Crippen LogP contribution in [0.4, 0.5) is 0 Å². The zero-order valence-corrected chi connectivity index (χ0v) is 11.1. The lowest BCUT2D eigenvalue weighted by Crippen LogP contribution is -2.24. The second-order valence-electron chi connectivity index (χ2n) is 4.25. The number of hydrogen-bond acceptors (Lipinski definition) is 3. The molecule has 1 rings (SSSR count). The van der Waals surface area contributed by atoms with Crippen LogP contribution in [0.15, 0.2) is 30.0 Å². The van der Waals surface area contributed by atoms with E-state index in [1.807, 2.05) is 13.8 Å². The van der Waals surface area contributed by atoms with Gasteiger partial charge in [0.15, 0.2) is 0 Å². The van der Waals surface area contributed by atoms with Crippen molar-refractivity contribution in [3.63, 3.8) is 0 Å². The van der Waals surface area contributed by atoms with Crippen molar-refractivity contribution >= 4 is 18.0 Å². The van der Waals surface area contributed by atoms with Crippen molar-refractivity contribution in [1.29, 1.82) is 0 Å². The average Bonchev–Trinajstić information content (AvgIpc) is 2.29. The second kappa shape index (κ2) is 6.58. The Morgan fingerprint density at radius 1 is 1.32 bits per heavy atom. The number of amides is 1. The highest BCUT2D eigenvalue weighted by atomic mass is 16.5. The van der Waals surface area contributed by atoms with E-state index in [0.29, 0.717) is 11.3 Å². The number of rotatable bonds is 5. The monoisotopic (exact) mass is 263 g/mol. The van der Waals surface area contributed by atoms with Crippen LogP contribution >= 0.6 is 0 Å². The van der Waals surface area contributed by atoms with Gasteiger partial charge in [0.1, 0.15) is 11.4 Å². The molecule has 19 heavy (non-hydrogen) atoms. The lowest BCUT2D eigenvalue weighted by Gasteiger charge is -2.12. The van der Waals surface area contributed by atoms with Crippen molar-refractivity contribution in [2.45, 2.75) is 26.9 Å². The fourth-order valence-corrected chi connectivity index (χ4v) is 1.46. The number of para-hydroxylation sites is 1. The molecule has 0 aliphatic rings. The first-order valence-electron chi connectivity index (χ1n) is 5.88. The van der Waals surface area contributed by atoms with Gasteiger partial charge in [-0.25, -0.2) is 4.79 Å². The van der Waals surface area contributed by atoms with Gasteiger partial charge in [0.05, 0.1) is 6.10 Å². The number of carboxylic acid groups (broad SMARTS) is 1. The predicted octanol–water partition coefficient (Wildman–Crippen LogP) is 2.04. The number of carboxylic acids is 1. The van der Waals surface area contributed by atoms with Gasteiger partial charge in [0, 0.05) is 12.5 Å². The predicted molar refractivity (Wildman–Crippen MR) is 71.6 cm³/mol. The minimum atomic E-state index is -1.20. The van der Waals surface area contributed by atoms with Gasteiger partial charge in [-0.3, -0.25) is 4.79 Å². The van der Waals surface area contributed by atoms with E-state index in [4.69, 9.17) is 9.84 Å². The summed E-state index contributed by atoms with van der Waals surface area (Å²) in [4.78, 5) is 22.0. The van der Waals surface area contributed by atoms with Crippen LogP contribution in [0.2, 0.25) is 0 Å². The fourth-order valence-electron chi connectivity index (χ4n) is 1.46. The molecule has 2 N–H and O–H groups in total. The SMILES string of the molecule is CC(=O)N/C(=C/c1ccccc1OC(C)C)C(=O)O. The quantitative estimate of drug-likeness (QED) is 0.797. The van der Waals surface area contributed by atoms with Gasteiger partial charge in [-0.05, 0) is 26.0 Å². The summed E-state index contributed by atoms with van der Waals surface area (Å²) in [6.45, 7) is 5.02. The topological polar surface area (TPSA) is 75.6 Å². The molecule has 5 heteroatoms. The number of carbonyl (C=O) groups excluding carboxylic acids is 1. The molecule has 0 aliphatic heterocycles. The van der Waals surface area contributed by atoms with E-state index in [1.54, 1.807) is 24.3 Å². The van der Waals surface area contributed by atoms with Crippen molar-refractivity contribution in [3.05, 3.63) is 35.5 Å². The van der Waals surface area contributed by atoms with Crippen LogP contribution in [0.1, 0.15) is 26.3 Å². The highest BCUT2D eigenvalue weighted by Gasteiger charge is 2.11. The van der Waals surface area contributed by atoms with Gasteiger partial charge in [-0.15, -0.1) is 0 Å². The maximum absolute atomic E-state index is 11.0. The van der Waals surface area contributed by atoms with Crippen LogP contribution in [-0.4, -0.2) is 23.1 Å². The van der Waals surface area contributed by atoms with Gasteiger partial charge >= 0.3 is 5.97 Å². The molecule has 0 saturated carbocycles. The Morgan fingerprint density at radius 3 is 2.47 bits per heavy atom. The Morgan fingerprint density at radius 2 is 1.95 bits per heavy atom. The zero-order chi connectivity index (χ0) is 14.4. The molecule has 1 aromatic rings. The molecule has 0 unspecified atom stereocenters. The summed E-state index contributed by atoms with van der Waals surface area (Å²) in [7, 11) is 0. The van der Waals surface area contributed by atoms with Crippen LogP contribution in [0, 0.1) is 0 Å². The molecular weight excluding hydrogens is 246 g/mol. The molecule has 102 valence electrons. The number of carbonyl (C=O) groups is 2. The Balaban J connectivity index is 3.13. The van der Waals surface area contributed by atoms with Crippen molar-refractivity contribution in [1.82, 2.24) is 5.32 Å². The van der Waals surface area contributed by atoms with Crippen LogP contribution in [0.3, 0.4) is 0 Å². The number of hydrogen-bond donors (Lipinski definition) is 2. The summed E-state index contributed by atoms with van der Waals surface area (Å²) in [5.74, 6) is -1.06. The van der Waals surface area contributed by atoms with Crippen molar-refractivity contribution in [2.24, 2.45) is 0 Å². The Kier molecular flexibility index (Phi) is 5.11. The molecule has 0 saturated heterocycles. The summed E-state index contributed by atoms with van der Waals surface area (Å²) < 4.78 is 5.58. The molecule has 1 amide bonds. The standard InChI is InChI=1S/C14H17NO4/c1-9(2)19-13-7-5-4-6-11(13)8-12(14(17)18)15-10(3)16/h4-9H,1-3H3,(H,15,16)(H,17,18)/b12-8+. The first-order valence-corrected chi connectivity index (χ1v) is 5.88. The summed E-state index contributed by atoms with van der Waals surface area (Å²) in [6.07, 6.45) is 1.35. The number of nitrogens with one attached hydrogen (secondary N) is 1. The molecule has 0 aromatic heterocycles. The van der Waals surface area contributed by atoms with E-state index >= 15 is 0 Å². The van der Waals surface area contributed by atoms with E-state index < -0.39 is 11.9 Å². The molecule has 0 bridgehead atoms. The van der Waals surface area contributed by atoms with Crippen molar-refractivity contribution in [3.8, 4) is 5.75 Å². The summed E-state index contributed by atoms with van der Waals surface area (Å²) >= 11 is 0. The second-order valence-corrected chi connectivity index (χ2v) is 4.25. The van der Waals surface area contributed by atoms with E-state index in [2.05, 4.69) is 5.32 Å². The maximum Gasteiger partial charge on any atom is 0.352 e. The molecule has 0 aliphatic carbocycles. The lowest BCUT2D eigenvalue weighted by molar-refractivity contribution is -0.134. The van der Waals surface area contributed by atoms with Crippen molar-refractivity contribution < 1.29 is 19.4 Å². The molecule has 0 spiro atoms. The van der Waals surface area contributed by atoms with Crippen LogP contribution in [0.25, 0.3) is 6.08 Å². The Labute approximate surface area is 111 Å². The van der Waals surface area contributed by atoms with E-state index in [0.717, 1.165) is 0 Å². The number of aliphatic carboxylic acids is 1. The fraction of sp³-hybridized carbons (Fsp3) is 0.286. The third-order valence-corrected chi connectivity index (χ3v) is 2.12. The number of ether oxygens (including phenoxy) is 1. The van der Waals surface area contributed by atoms with Gasteiger partial charge in [-0.2, -0.15) is 0 Å². The largest absolute Gasteiger partial charge is 0.490 e. The lowest BCUT2D eigenvalue weighted by atomic mass is 10.1. The molecular formula is C14H17NO4. The molecule has 1 aromatic carbocycles. The average molecular weight is 263 g/mol. The van der Waals surface area contributed by atoms with Gasteiger partial charge in [-0.1, -0.05) is 18.2 Å². The molecule has 0 radical (unpaired) electrons. The first kappa shape index (κ1) is 14.8. The normalized spacial score (nSPS) is 11.3. The van der Waals surface area contributed by atoms with Crippen molar-refractivity contribution in [2.75, 3.05) is 0 Å². The number of benzene rings is 1. The third-order valence-electron chi connectivity index (χ3n) is 2.12. The Hall–Kier alpha value is -2.30. The Bertz CT molecular complexity index is 506. The van der Waals surface area contributed by atoms with Crippen LogP contribution < -0.4 is 10.1 Å². The molecule has 5 nitrogen and oxygen atoms in total. The van der Waals surface area contributed by atoms with E-state index in [1.165, 1.54) is 13.0 Å². The van der Waals surface area contributed by atoms with Gasteiger partial charge < -0.3 is 15.2 Å².